The van der Waals surface area contributed by atoms with E-state index >= 15 is 0 Å². The first-order valence-corrected chi connectivity index (χ1v) is 10.2. The molecule has 9 nitrogen and oxygen atoms in total. The van der Waals surface area contributed by atoms with Crippen LogP contribution in [0.3, 0.4) is 0 Å². The van der Waals surface area contributed by atoms with Crippen molar-refractivity contribution in [1.29, 1.82) is 0 Å². The normalized spacial score (nSPS) is 11.5. The Morgan fingerprint density at radius 3 is 2.69 bits per heavy atom. The van der Waals surface area contributed by atoms with Crippen LogP contribution in [-0.2, 0) is 11.8 Å². The summed E-state index contributed by atoms with van der Waals surface area (Å²) in [5, 5.41) is 10.5. The predicted molar refractivity (Wildman–Crippen MR) is 121 cm³/mol. The molecular formula is C23H25N7O2. The van der Waals surface area contributed by atoms with Gasteiger partial charge in [0.2, 0.25) is 0 Å². The Morgan fingerprint density at radius 1 is 1.16 bits per heavy atom. The van der Waals surface area contributed by atoms with Gasteiger partial charge in [-0.2, -0.15) is 10.1 Å². The lowest BCUT2D eigenvalue weighted by Gasteiger charge is -2.14. The van der Waals surface area contributed by atoms with Crippen LogP contribution in [0, 0.1) is 6.92 Å². The molecule has 9 heteroatoms. The number of hydrogen-bond acceptors (Lipinski definition) is 8. The first-order valence-electron chi connectivity index (χ1n) is 10.2. The van der Waals surface area contributed by atoms with Gasteiger partial charge in [-0.25, -0.2) is 15.0 Å². The van der Waals surface area contributed by atoms with Crippen molar-refractivity contribution in [2.45, 2.75) is 39.5 Å². The molecule has 32 heavy (non-hydrogen) atoms. The van der Waals surface area contributed by atoms with Crippen LogP contribution < -0.4 is 10.1 Å². The lowest BCUT2D eigenvalue weighted by atomic mass is 9.92. The number of nitrogens with one attached hydrogen (secondary N) is 2. The summed E-state index contributed by atoms with van der Waals surface area (Å²) in [4.78, 5) is 29.8. The highest BCUT2D eigenvalue weighted by Gasteiger charge is 2.20. The number of carbonyl (C=O) groups is 1. The highest BCUT2D eigenvalue weighted by atomic mass is 16.5. The van der Waals surface area contributed by atoms with Gasteiger partial charge in [-0.1, -0.05) is 32.9 Å². The van der Waals surface area contributed by atoms with Gasteiger partial charge in [-0.15, -0.1) is 0 Å². The zero-order chi connectivity index (χ0) is 22.9. The molecule has 0 saturated heterocycles. The van der Waals surface area contributed by atoms with Crippen LogP contribution in [0.2, 0.25) is 0 Å². The molecule has 4 aromatic rings. The summed E-state index contributed by atoms with van der Waals surface area (Å²) in [6.45, 7) is 8.20. The number of nitrogens with zero attached hydrogens (tertiary/aromatic N) is 5. The van der Waals surface area contributed by atoms with Gasteiger partial charge in [0.15, 0.2) is 11.6 Å². The zero-order valence-corrected chi connectivity index (χ0v) is 18.7. The maximum Gasteiger partial charge on any atom is 0.316 e. The third kappa shape index (κ3) is 4.41. The fourth-order valence-corrected chi connectivity index (χ4v) is 3.19. The number of Topliss-reactive ketones (excluding diaryl/α,β-unsaturated/α-hetero) is 1. The number of H-pyrrole nitrogens is 1. The molecule has 164 valence electrons. The number of ketones is 1. The number of aromatic nitrogens is 6. The standard InChI is InChI=1S/C23H25N7O2/c1-13-6-7-14(9-18(31)16-10-19(30-29-16)23(2,3)4)8-15(13)27-21-20-17(25-12-26-21)11-24-22(28-20)32-5/h6-8,10-12H,9H2,1-5H3,(H,29,30)(H,25,26,27). The molecule has 0 unspecified atom stereocenters. The molecule has 0 saturated carbocycles. The molecule has 0 radical (unpaired) electrons. The molecule has 3 aromatic heterocycles. The van der Waals surface area contributed by atoms with Crippen molar-refractivity contribution in [3.63, 3.8) is 0 Å². The Kier molecular flexibility index (Phi) is 5.56. The molecule has 0 aliphatic carbocycles. The Balaban J connectivity index is 1.59. The third-order valence-corrected chi connectivity index (χ3v) is 5.13. The number of rotatable bonds is 6. The van der Waals surface area contributed by atoms with Gasteiger partial charge in [0.1, 0.15) is 23.1 Å². The fraction of sp³-hybridized carbons (Fsp3) is 0.304. The largest absolute Gasteiger partial charge is 0.467 e. The van der Waals surface area contributed by atoms with Gasteiger partial charge in [-0.3, -0.25) is 9.89 Å². The van der Waals surface area contributed by atoms with Gasteiger partial charge >= 0.3 is 6.01 Å². The first kappa shape index (κ1) is 21.4. The molecule has 0 fully saturated rings. The van der Waals surface area contributed by atoms with E-state index in [0.29, 0.717) is 22.5 Å². The second kappa shape index (κ2) is 8.33. The van der Waals surface area contributed by atoms with E-state index in [2.05, 4.69) is 56.2 Å². The molecule has 0 aliphatic rings. The van der Waals surface area contributed by atoms with Crippen LogP contribution in [0.1, 0.15) is 48.1 Å². The predicted octanol–water partition coefficient (Wildman–Crippen LogP) is 3.93. The van der Waals surface area contributed by atoms with Crippen LogP contribution in [0.4, 0.5) is 11.5 Å². The molecule has 0 amide bonds. The van der Waals surface area contributed by atoms with Crippen molar-refractivity contribution in [3.8, 4) is 6.01 Å². The Morgan fingerprint density at radius 2 is 1.97 bits per heavy atom. The SMILES string of the molecule is COc1ncc2ncnc(Nc3cc(CC(=O)c4cc(C(C)(C)C)[nH]n4)ccc3C)c2n1. The van der Waals surface area contributed by atoms with Crippen LogP contribution in [0.15, 0.2) is 36.8 Å². The highest BCUT2D eigenvalue weighted by molar-refractivity contribution is 5.96. The number of ether oxygens (including phenoxy) is 1. The molecule has 1 aromatic carbocycles. The summed E-state index contributed by atoms with van der Waals surface area (Å²) in [6.07, 6.45) is 3.28. The van der Waals surface area contributed by atoms with Crippen molar-refractivity contribution in [1.82, 2.24) is 30.1 Å². The van der Waals surface area contributed by atoms with E-state index in [1.165, 1.54) is 13.4 Å². The second-order valence-electron chi connectivity index (χ2n) is 8.60. The summed E-state index contributed by atoms with van der Waals surface area (Å²) in [6, 6.07) is 7.92. The van der Waals surface area contributed by atoms with E-state index in [9.17, 15) is 4.79 Å². The number of aromatic amines is 1. The maximum absolute atomic E-state index is 12.8. The van der Waals surface area contributed by atoms with E-state index in [1.807, 2.05) is 31.2 Å². The topological polar surface area (TPSA) is 119 Å². The highest BCUT2D eigenvalue weighted by Crippen LogP contribution is 2.26. The molecule has 3 heterocycles. The van der Waals surface area contributed by atoms with Crippen molar-refractivity contribution >= 4 is 28.3 Å². The van der Waals surface area contributed by atoms with Gasteiger partial charge in [-0.05, 0) is 30.2 Å². The van der Waals surface area contributed by atoms with Gasteiger partial charge < -0.3 is 10.1 Å². The third-order valence-electron chi connectivity index (χ3n) is 5.13. The van der Waals surface area contributed by atoms with Gasteiger partial charge in [0, 0.05) is 23.2 Å². The molecular weight excluding hydrogens is 406 g/mol. The summed E-state index contributed by atoms with van der Waals surface area (Å²) in [5.41, 5.74) is 5.12. The van der Waals surface area contributed by atoms with Crippen LogP contribution in [-0.4, -0.2) is 43.0 Å². The minimum Gasteiger partial charge on any atom is -0.467 e. The van der Waals surface area contributed by atoms with Crippen molar-refractivity contribution in [2.75, 3.05) is 12.4 Å². The number of methoxy groups -OCH3 is 1. The molecule has 4 rings (SSSR count). The number of fused-ring (bicyclic) bond motifs is 1. The number of anilines is 2. The molecule has 0 aliphatic heterocycles. The van der Waals surface area contributed by atoms with Crippen LogP contribution in [0.25, 0.3) is 11.0 Å². The number of aryl methyl sites for hydroxylation is 1. The van der Waals surface area contributed by atoms with Gasteiger partial charge in [0.05, 0.1) is 13.3 Å². The van der Waals surface area contributed by atoms with E-state index in [1.54, 1.807) is 6.20 Å². The van der Waals surface area contributed by atoms with E-state index in [4.69, 9.17) is 4.74 Å². The smallest absolute Gasteiger partial charge is 0.316 e. The second-order valence-corrected chi connectivity index (χ2v) is 8.60. The maximum atomic E-state index is 12.8. The minimum absolute atomic E-state index is 0.0449. The summed E-state index contributed by atoms with van der Waals surface area (Å²) < 4.78 is 5.13. The average Bonchev–Trinajstić information content (AvgIpc) is 3.27. The van der Waals surface area contributed by atoms with E-state index in [-0.39, 0.29) is 23.6 Å². The molecule has 2 N–H and O–H groups in total. The van der Waals surface area contributed by atoms with Crippen molar-refractivity contribution < 1.29 is 9.53 Å². The summed E-state index contributed by atoms with van der Waals surface area (Å²) in [5.74, 6) is 0.487. The number of hydrogen-bond donors (Lipinski definition) is 2. The van der Waals surface area contributed by atoms with E-state index < -0.39 is 0 Å². The average molecular weight is 432 g/mol. The van der Waals surface area contributed by atoms with E-state index in [0.717, 1.165) is 22.5 Å². The Labute approximate surface area is 185 Å². The molecule has 0 bridgehead atoms. The summed E-state index contributed by atoms with van der Waals surface area (Å²) >= 11 is 0. The lowest BCUT2D eigenvalue weighted by Crippen LogP contribution is -2.11. The molecule has 0 spiro atoms. The lowest BCUT2D eigenvalue weighted by molar-refractivity contribution is 0.0988. The zero-order valence-electron chi connectivity index (χ0n) is 18.7. The number of benzene rings is 1. The Bertz CT molecular complexity index is 1290. The summed E-state index contributed by atoms with van der Waals surface area (Å²) in [7, 11) is 1.51. The van der Waals surface area contributed by atoms with Crippen LogP contribution >= 0.6 is 0 Å². The van der Waals surface area contributed by atoms with Crippen LogP contribution in [0.5, 0.6) is 6.01 Å². The quantitative estimate of drug-likeness (QED) is 0.441. The van der Waals surface area contributed by atoms with Crippen molar-refractivity contribution in [2.24, 2.45) is 0 Å². The first-order chi connectivity index (χ1) is 15.2. The number of carbonyl (C=O) groups excluding carboxylic acids is 1. The van der Waals surface area contributed by atoms with Gasteiger partial charge in [0.25, 0.3) is 0 Å². The monoisotopic (exact) mass is 431 g/mol. The van der Waals surface area contributed by atoms with Crippen molar-refractivity contribution in [3.05, 3.63) is 59.3 Å². The molecule has 0 atom stereocenters. The fourth-order valence-electron chi connectivity index (χ4n) is 3.19. The minimum atomic E-state index is -0.0982. The Hall–Kier alpha value is -3.88.